The molecule has 152 valence electrons. The lowest BCUT2D eigenvalue weighted by Gasteiger charge is -2.18. The topological polar surface area (TPSA) is 99.8 Å². The zero-order chi connectivity index (χ0) is 19.7. The van der Waals surface area contributed by atoms with E-state index in [0.29, 0.717) is 6.61 Å². The molecular weight excluding hydrogens is 382 g/mol. The molecule has 0 unspecified atom stereocenters. The number of hydrogen-bond donors (Lipinski definition) is 2. The van der Waals surface area contributed by atoms with Crippen molar-refractivity contribution < 1.29 is 22.8 Å². The van der Waals surface area contributed by atoms with Gasteiger partial charge in [0.15, 0.2) is 0 Å². The normalized spacial score (nSPS) is 27.4. The molecule has 0 spiro atoms. The highest BCUT2D eigenvalue weighted by Gasteiger charge is 2.49. The minimum absolute atomic E-state index is 0.0650. The Hall–Kier alpha value is -1.85. The van der Waals surface area contributed by atoms with E-state index in [1.807, 2.05) is 24.4 Å². The average Bonchev–Trinajstić information content (AvgIpc) is 3.32. The monoisotopic (exact) mass is 408 g/mol. The third-order valence-corrected chi connectivity index (χ3v) is 6.37. The molecule has 0 amide bonds. The quantitative estimate of drug-likeness (QED) is 0.594. The molecule has 2 saturated heterocycles. The lowest BCUT2D eigenvalue weighted by Crippen LogP contribution is -3.04. The van der Waals surface area contributed by atoms with Crippen LogP contribution in [0, 0.1) is 0 Å². The Labute approximate surface area is 164 Å². The van der Waals surface area contributed by atoms with Crippen molar-refractivity contribution in [3.63, 3.8) is 0 Å². The predicted octanol–water partition coefficient (Wildman–Crippen LogP) is -1.25. The van der Waals surface area contributed by atoms with Gasteiger partial charge in [-0.15, -0.1) is 5.10 Å². The number of quaternary nitrogens is 1. The van der Waals surface area contributed by atoms with Gasteiger partial charge in [-0.05, 0) is 5.56 Å². The van der Waals surface area contributed by atoms with Gasteiger partial charge in [-0.25, -0.2) is 17.8 Å². The van der Waals surface area contributed by atoms with Crippen LogP contribution in [0.1, 0.15) is 17.3 Å². The Morgan fingerprint density at radius 1 is 1.18 bits per heavy atom. The fraction of sp³-hybridized carbons (Fsp3) is 0.556. The van der Waals surface area contributed by atoms with Crippen LogP contribution in [0.4, 0.5) is 0 Å². The molecule has 10 heteroatoms. The first-order valence-corrected chi connectivity index (χ1v) is 11.0. The van der Waals surface area contributed by atoms with Gasteiger partial charge in [0.05, 0.1) is 45.3 Å². The van der Waals surface area contributed by atoms with Crippen LogP contribution in [0.15, 0.2) is 36.5 Å². The van der Waals surface area contributed by atoms with Gasteiger partial charge in [-0.3, -0.25) is 0 Å². The van der Waals surface area contributed by atoms with Crippen LogP contribution in [-0.2, 0) is 31.8 Å². The highest BCUT2D eigenvalue weighted by molar-refractivity contribution is 7.88. The largest absolute Gasteiger partial charge is 0.371 e. The fourth-order valence-electron chi connectivity index (χ4n) is 3.79. The third kappa shape index (κ3) is 4.26. The molecule has 1 aromatic carbocycles. The van der Waals surface area contributed by atoms with E-state index in [0.717, 1.165) is 17.8 Å². The highest BCUT2D eigenvalue weighted by Crippen LogP contribution is 2.34. The van der Waals surface area contributed by atoms with Crippen molar-refractivity contribution >= 4 is 10.0 Å². The summed E-state index contributed by atoms with van der Waals surface area (Å²) in [5.41, 5.74) is 1.65. The molecule has 4 atom stereocenters. The van der Waals surface area contributed by atoms with Crippen LogP contribution < -0.4 is 9.62 Å². The second kappa shape index (κ2) is 7.88. The molecule has 2 aromatic rings. The Bertz CT molecular complexity index is 902. The number of benzene rings is 1. The fourth-order valence-corrected chi connectivity index (χ4v) is 5.17. The molecule has 2 N–H and O–H groups in total. The van der Waals surface area contributed by atoms with Gasteiger partial charge >= 0.3 is 0 Å². The first kappa shape index (κ1) is 19.5. The second-order valence-corrected chi connectivity index (χ2v) is 9.46. The van der Waals surface area contributed by atoms with Crippen LogP contribution in [0.25, 0.3) is 0 Å². The van der Waals surface area contributed by atoms with E-state index < -0.39 is 16.1 Å². The molecule has 4 rings (SSSR count). The van der Waals surface area contributed by atoms with Crippen molar-refractivity contribution in [1.82, 2.24) is 19.7 Å². The lowest BCUT2D eigenvalue weighted by molar-refractivity contribution is -0.873. The Kier molecular flexibility index (Phi) is 5.48. The van der Waals surface area contributed by atoms with Gasteiger partial charge in [0, 0.05) is 0 Å². The summed E-state index contributed by atoms with van der Waals surface area (Å²) in [5, 5.41) is 8.43. The number of nitrogens with one attached hydrogen (secondary N) is 2. The number of fused-ring (bicyclic) bond motifs is 1. The van der Waals surface area contributed by atoms with E-state index in [-0.39, 0.29) is 30.6 Å². The third-order valence-electron chi connectivity index (χ3n) is 4.99. The number of sulfonamides is 1. The molecule has 2 aliphatic rings. The van der Waals surface area contributed by atoms with Crippen LogP contribution in [0.2, 0.25) is 0 Å². The van der Waals surface area contributed by atoms with E-state index in [4.69, 9.17) is 9.47 Å². The molecule has 2 fully saturated rings. The van der Waals surface area contributed by atoms with Crippen molar-refractivity contribution in [2.24, 2.45) is 0 Å². The molecule has 1 aromatic heterocycles. The van der Waals surface area contributed by atoms with E-state index in [1.165, 1.54) is 4.90 Å². The molecule has 3 heterocycles. The maximum absolute atomic E-state index is 12.5. The summed E-state index contributed by atoms with van der Waals surface area (Å²) < 4.78 is 41.4. The van der Waals surface area contributed by atoms with Crippen LogP contribution >= 0.6 is 0 Å². The average molecular weight is 409 g/mol. The molecule has 0 bridgehead atoms. The summed E-state index contributed by atoms with van der Waals surface area (Å²) in [4.78, 5) is 1.26. The van der Waals surface area contributed by atoms with Gasteiger partial charge in [0.1, 0.15) is 30.5 Å². The van der Waals surface area contributed by atoms with Crippen LogP contribution in [-0.4, -0.2) is 69.0 Å². The molecule has 0 saturated carbocycles. The number of aromatic nitrogens is 3. The van der Waals surface area contributed by atoms with Gasteiger partial charge in [-0.2, -0.15) is 0 Å². The molecule has 0 radical (unpaired) electrons. The van der Waals surface area contributed by atoms with Gasteiger partial charge in [0.2, 0.25) is 10.0 Å². The number of nitrogens with zero attached hydrogens (tertiary/aromatic N) is 3. The molecular formula is C18H26N5O4S+. The van der Waals surface area contributed by atoms with Crippen LogP contribution in [0.3, 0.4) is 0 Å². The van der Waals surface area contributed by atoms with Gasteiger partial charge in [0.25, 0.3) is 0 Å². The van der Waals surface area contributed by atoms with Crippen LogP contribution in [0.5, 0.6) is 0 Å². The summed E-state index contributed by atoms with van der Waals surface area (Å²) in [7, 11) is 0.615. The molecule has 28 heavy (non-hydrogen) atoms. The summed E-state index contributed by atoms with van der Waals surface area (Å²) >= 11 is 0. The first-order chi connectivity index (χ1) is 13.4. The predicted molar refractivity (Wildman–Crippen MR) is 101 cm³/mol. The zero-order valence-electron chi connectivity index (χ0n) is 16.0. The number of hydrogen-bond acceptors (Lipinski definition) is 6. The Morgan fingerprint density at radius 3 is 2.68 bits per heavy atom. The van der Waals surface area contributed by atoms with Crippen molar-refractivity contribution in [2.45, 2.75) is 36.6 Å². The maximum atomic E-state index is 12.5. The summed E-state index contributed by atoms with van der Waals surface area (Å²) in [6.45, 7) is 1.48. The van der Waals surface area contributed by atoms with Gasteiger partial charge in [-0.1, -0.05) is 35.5 Å². The zero-order valence-corrected chi connectivity index (χ0v) is 16.8. The Morgan fingerprint density at radius 2 is 1.93 bits per heavy atom. The molecule has 9 nitrogen and oxygen atoms in total. The van der Waals surface area contributed by atoms with E-state index in [1.54, 1.807) is 16.8 Å². The molecule has 0 aliphatic carbocycles. The number of ether oxygens (including phenoxy) is 2. The first-order valence-electron chi connectivity index (χ1n) is 9.38. The maximum Gasteiger partial charge on any atom is 0.216 e. The second-order valence-electron chi connectivity index (χ2n) is 7.71. The van der Waals surface area contributed by atoms with Crippen molar-refractivity contribution in [3.05, 3.63) is 47.8 Å². The summed E-state index contributed by atoms with van der Waals surface area (Å²) in [6.07, 6.45) is 1.34. The minimum atomic E-state index is -3.50. The smallest absolute Gasteiger partial charge is 0.216 e. The molecule has 2 aliphatic heterocycles. The van der Waals surface area contributed by atoms with E-state index in [9.17, 15) is 8.42 Å². The Balaban J connectivity index is 1.40. The standard InChI is InChI=1S/C18H25N5O4S/c1-22(2)8-14-9-23(21-19-14)16-11-27-17-15(10-26-18(16)17)20-28(24,25)12-13-6-4-3-5-7-13/h3-7,9,15-18,20H,8,10-12H2,1-2H3/p+1/t15-,16-,17+,18+/m0/s1. The SMILES string of the molecule is C[NH+](C)Cc1cn([C@H]2CO[C@H]3[C@@H]2OC[C@@H]3NS(=O)(=O)Cc2ccccc2)nn1. The van der Waals surface area contributed by atoms with Crippen molar-refractivity contribution in [2.75, 3.05) is 27.3 Å². The minimum Gasteiger partial charge on any atom is -0.371 e. The van der Waals surface area contributed by atoms with E-state index in [2.05, 4.69) is 29.1 Å². The summed E-state index contributed by atoms with van der Waals surface area (Å²) in [6, 6.07) is 8.61. The summed E-state index contributed by atoms with van der Waals surface area (Å²) in [5.74, 6) is -0.0650. The van der Waals surface area contributed by atoms with Crippen molar-refractivity contribution in [1.29, 1.82) is 0 Å². The number of rotatable bonds is 7. The highest BCUT2D eigenvalue weighted by atomic mass is 32.2. The van der Waals surface area contributed by atoms with E-state index >= 15 is 0 Å². The lowest BCUT2D eigenvalue weighted by atomic mass is 10.1. The van der Waals surface area contributed by atoms with Gasteiger partial charge < -0.3 is 14.4 Å². The van der Waals surface area contributed by atoms with Crippen molar-refractivity contribution in [3.8, 4) is 0 Å².